The third kappa shape index (κ3) is 2.65. The highest BCUT2D eigenvalue weighted by atomic mass is 16.2. The van der Waals surface area contributed by atoms with E-state index in [0.717, 1.165) is 35.3 Å². The number of carbonyl (C=O) groups excluding carboxylic acids is 1. The summed E-state index contributed by atoms with van der Waals surface area (Å²) in [5.74, 6) is 0.984. The number of anilines is 1. The Morgan fingerprint density at radius 1 is 1.35 bits per heavy atom. The van der Waals surface area contributed by atoms with Crippen molar-refractivity contribution in [1.29, 1.82) is 0 Å². The maximum atomic E-state index is 12.2. The molecule has 7 nitrogen and oxygen atoms in total. The van der Waals surface area contributed by atoms with E-state index in [0.29, 0.717) is 6.54 Å². The smallest absolute Gasteiger partial charge is 0.319 e. The van der Waals surface area contributed by atoms with Crippen LogP contribution in [0.3, 0.4) is 0 Å². The van der Waals surface area contributed by atoms with Gasteiger partial charge in [-0.3, -0.25) is 0 Å². The lowest BCUT2D eigenvalue weighted by Gasteiger charge is -2.23. The molecule has 0 saturated heterocycles. The molecule has 0 bridgehead atoms. The minimum atomic E-state index is -0.188. The van der Waals surface area contributed by atoms with Crippen LogP contribution in [0.15, 0.2) is 36.8 Å². The molecule has 118 valence electrons. The molecule has 0 aliphatic carbocycles. The second kappa shape index (κ2) is 5.42. The Hall–Kier alpha value is -2.83. The number of fused-ring (bicyclic) bond motifs is 2. The Kier molecular flexibility index (Phi) is 3.25. The fraction of sp³-hybridized carbons (Fsp3) is 0.312. The van der Waals surface area contributed by atoms with Crippen molar-refractivity contribution in [3.8, 4) is 0 Å². The maximum Gasteiger partial charge on any atom is 0.319 e. The molecule has 23 heavy (non-hydrogen) atoms. The lowest BCUT2D eigenvalue weighted by Crippen LogP contribution is -2.43. The lowest BCUT2D eigenvalue weighted by atomic mass is 10.1. The van der Waals surface area contributed by atoms with Gasteiger partial charge in [-0.25, -0.2) is 14.5 Å². The van der Waals surface area contributed by atoms with Crippen molar-refractivity contribution in [3.05, 3.63) is 42.6 Å². The first-order valence-electron chi connectivity index (χ1n) is 7.68. The van der Waals surface area contributed by atoms with E-state index in [2.05, 4.69) is 26.8 Å². The van der Waals surface area contributed by atoms with Crippen molar-refractivity contribution < 1.29 is 4.79 Å². The summed E-state index contributed by atoms with van der Waals surface area (Å²) in [7, 11) is 1.99. The number of urea groups is 1. The number of benzene rings is 1. The Morgan fingerprint density at radius 3 is 3.17 bits per heavy atom. The predicted octanol–water partition coefficient (Wildman–Crippen LogP) is 1.91. The van der Waals surface area contributed by atoms with Crippen molar-refractivity contribution in [2.45, 2.75) is 25.4 Å². The van der Waals surface area contributed by atoms with Gasteiger partial charge in [-0.15, -0.1) is 0 Å². The molecule has 3 aromatic rings. The Labute approximate surface area is 133 Å². The highest BCUT2D eigenvalue weighted by Crippen LogP contribution is 2.19. The van der Waals surface area contributed by atoms with Crippen LogP contribution in [0.5, 0.6) is 0 Å². The van der Waals surface area contributed by atoms with Crippen molar-refractivity contribution >= 4 is 22.6 Å². The van der Waals surface area contributed by atoms with Gasteiger partial charge in [0.15, 0.2) is 0 Å². The number of aryl methyl sites for hydroxylation is 2. The van der Waals surface area contributed by atoms with E-state index >= 15 is 0 Å². The van der Waals surface area contributed by atoms with Crippen LogP contribution in [-0.2, 0) is 20.0 Å². The monoisotopic (exact) mass is 310 g/mol. The highest BCUT2D eigenvalue weighted by molar-refractivity contribution is 5.92. The van der Waals surface area contributed by atoms with Gasteiger partial charge >= 0.3 is 6.03 Å². The lowest BCUT2D eigenvalue weighted by molar-refractivity contribution is 0.243. The quantitative estimate of drug-likeness (QED) is 0.759. The van der Waals surface area contributed by atoms with E-state index in [4.69, 9.17) is 0 Å². The Balaban J connectivity index is 1.42. The maximum absolute atomic E-state index is 12.2. The molecule has 3 heterocycles. The Morgan fingerprint density at radius 2 is 2.26 bits per heavy atom. The number of rotatable bonds is 2. The van der Waals surface area contributed by atoms with E-state index < -0.39 is 0 Å². The van der Waals surface area contributed by atoms with Gasteiger partial charge < -0.3 is 15.2 Å². The van der Waals surface area contributed by atoms with Crippen molar-refractivity contribution in [2.75, 3.05) is 5.32 Å². The summed E-state index contributed by atoms with van der Waals surface area (Å²) in [6, 6.07) is 7.84. The number of nitrogens with zero attached hydrogens (tertiary/aromatic N) is 4. The molecule has 1 atom stereocenters. The van der Waals surface area contributed by atoms with Crippen LogP contribution in [0.2, 0.25) is 0 Å². The van der Waals surface area contributed by atoms with Gasteiger partial charge in [-0.1, -0.05) is 6.07 Å². The molecular weight excluding hydrogens is 292 g/mol. The average molecular weight is 310 g/mol. The summed E-state index contributed by atoms with van der Waals surface area (Å²) in [6.45, 7) is 0.666. The molecule has 0 fully saturated rings. The molecule has 2 amide bonds. The van der Waals surface area contributed by atoms with E-state index in [-0.39, 0.29) is 12.1 Å². The highest BCUT2D eigenvalue weighted by Gasteiger charge is 2.21. The average Bonchev–Trinajstić information content (AvgIpc) is 3.14. The number of aromatic nitrogens is 4. The molecule has 0 spiro atoms. The third-order valence-corrected chi connectivity index (χ3v) is 4.29. The standard InChI is InChI=1S/C16H18N6O/c1-21-7-6-11-2-3-12(8-14(11)21)19-16(23)20-13-4-5-15-17-10-18-22(15)9-13/h2-3,6-8,10,13H,4-5,9H2,1H3,(H2,19,20,23)/t13-/m1/s1. The third-order valence-electron chi connectivity index (χ3n) is 4.29. The van der Waals surface area contributed by atoms with Crippen LogP contribution in [0, 0.1) is 0 Å². The van der Waals surface area contributed by atoms with Gasteiger partial charge in [0.2, 0.25) is 0 Å². The second-order valence-electron chi connectivity index (χ2n) is 5.89. The molecule has 1 aromatic carbocycles. The van der Waals surface area contributed by atoms with Gasteiger partial charge in [0.1, 0.15) is 12.2 Å². The van der Waals surface area contributed by atoms with Crippen LogP contribution in [-0.4, -0.2) is 31.4 Å². The zero-order valence-electron chi connectivity index (χ0n) is 12.9. The number of hydrogen-bond acceptors (Lipinski definition) is 3. The van der Waals surface area contributed by atoms with Crippen LogP contribution >= 0.6 is 0 Å². The first-order chi connectivity index (χ1) is 11.2. The minimum Gasteiger partial charge on any atom is -0.350 e. The normalized spacial score (nSPS) is 17.0. The van der Waals surface area contributed by atoms with Crippen molar-refractivity contribution in [2.24, 2.45) is 7.05 Å². The van der Waals surface area contributed by atoms with Crippen LogP contribution in [0.1, 0.15) is 12.2 Å². The summed E-state index contributed by atoms with van der Waals surface area (Å²) in [5, 5.41) is 11.2. The van der Waals surface area contributed by atoms with Crippen molar-refractivity contribution in [1.82, 2.24) is 24.6 Å². The number of carbonyl (C=O) groups is 1. The van der Waals surface area contributed by atoms with E-state index in [1.807, 2.05) is 40.7 Å². The van der Waals surface area contributed by atoms with E-state index in [1.165, 1.54) is 0 Å². The van der Waals surface area contributed by atoms with Crippen LogP contribution in [0.25, 0.3) is 10.9 Å². The zero-order valence-corrected chi connectivity index (χ0v) is 12.9. The summed E-state index contributed by atoms with van der Waals surface area (Å²) >= 11 is 0. The first-order valence-corrected chi connectivity index (χ1v) is 7.68. The topological polar surface area (TPSA) is 76.8 Å². The molecule has 7 heteroatoms. The van der Waals surface area contributed by atoms with Gasteiger partial charge in [-0.2, -0.15) is 5.10 Å². The predicted molar refractivity (Wildman–Crippen MR) is 87.2 cm³/mol. The van der Waals surface area contributed by atoms with E-state index in [9.17, 15) is 4.79 Å². The SMILES string of the molecule is Cn1ccc2ccc(NC(=O)N[C@@H]3CCc4ncnn4C3)cc21. The molecule has 2 aromatic heterocycles. The van der Waals surface area contributed by atoms with Gasteiger partial charge in [0, 0.05) is 30.9 Å². The number of nitrogens with one attached hydrogen (secondary N) is 2. The molecule has 4 rings (SSSR count). The summed E-state index contributed by atoms with van der Waals surface area (Å²) < 4.78 is 3.89. The Bertz CT molecular complexity index is 864. The van der Waals surface area contributed by atoms with Gasteiger partial charge in [0.05, 0.1) is 12.6 Å². The van der Waals surface area contributed by atoms with Crippen LogP contribution in [0.4, 0.5) is 10.5 Å². The molecule has 1 aliphatic rings. The van der Waals surface area contributed by atoms with Crippen molar-refractivity contribution in [3.63, 3.8) is 0 Å². The molecular formula is C16H18N6O. The molecule has 2 N–H and O–H groups in total. The summed E-state index contributed by atoms with van der Waals surface area (Å²) in [6.07, 6.45) is 5.28. The zero-order chi connectivity index (χ0) is 15.8. The van der Waals surface area contributed by atoms with Gasteiger partial charge in [-0.05, 0) is 30.0 Å². The molecule has 0 unspecified atom stereocenters. The molecule has 1 aliphatic heterocycles. The molecule has 0 saturated carbocycles. The molecule has 0 radical (unpaired) electrons. The fourth-order valence-corrected chi connectivity index (χ4v) is 3.05. The fourth-order valence-electron chi connectivity index (χ4n) is 3.05. The first kappa shape index (κ1) is 13.8. The second-order valence-corrected chi connectivity index (χ2v) is 5.89. The summed E-state index contributed by atoms with van der Waals surface area (Å²) in [5.41, 5.74) is 1.88. The number of hydrogen-bond donors (Lipinski definition) is 2. The van der Waals surface area contributed by atoms with Gasteiger partial charge in [0.25, 0.3) is 0 Å². The minimum absolute atomic E-state index is 0.0722. The van der Waals surface area contributed by atoms with E-state index in [1.54, 1.807) is 6.33 Å². The van der Waals surface area contributed by atoms with Crippen LogP contribution < -0.4 is 10.6 Å². The largest absolute Gasteiger partial charge is 0.350 e. The number of amides is 2. The summed E-state index contributed by atoms with van der Waals surface area (Å²) in [4.78, 5) is 16.4.